The van der Waals surface area contributed by atoms with Crippen LogP contribution in [0, 0.1) is 0 Å². The minimum absolute atomic E-state index is 0.151. The number of phenolic OH excluding ortho intramolecular Hbond substituents is 1. The highest BCUT2D eigenvalue weighted by Gasteiger charge is 2.12. The fourth-order valence-electron chi connectivity index (χ4n) is 1.96. The molecule has 3 nitrogen and oxygen atoms in total. The topological polar surface area (TPSA) is 49.5 Å². The number of nitrogens with two attached hydrogens (primary N) is 1. The Kier molecular flexibility index (Phi) is 4.45. The molecule has 102 valence electrons. The summed E-state index contributed by atoms with van der Waals surface area (Å²) in [5.41, 5.74) is 7.31. The van der Waals surface area contributed by atoms with Crippen LogP contribution in [0.4, 0.5) is 5.69 Å². The van der Waals surface area contributed by atoms with E-state index in [-0.39, 0.29) is 5.75 Å². The number of rotatable bonds is 5. The third-order valence-corrected chi connectivity index (χ3v) is 4.01. The third-order valence-electron chi connectivity index (χ3n) is 3.15. The van der Waals surface area contributed by atoms with Gasteiger partial charge in [0, 0.05) is 24.0 Å². The van der Waals surface area contributed by atoms with Crippen molar-refractivity contribution in [2.45, 2.75) is 33.0 Å². The molecule has 0 aliphatic heterocycles. The number of hydrogen-bond donors (Lipinski definition) is 2. The van der Waals surface area contributed by atoms with Gasteiger partial charge in [-0.05, 0) is 43.0 Å². The zero-order chi connectivity index (χ0) is 13.8. The van der Waals surface area contributed by atoms with Crippen LogP contribution in [-0.2, 0) is 13.1 Å². The molecule has 0 spiro atoms. The minimum Gasteiger partial charge on any atom is -0.506 e. The number of nitrogens with zero attached hydrogens (tertiary/aromatic N) is 1. The van der Waals surface area contributed by atoms with Crippen LogP contribution in [-0.4, -0.2) is 16.0 Å². The first-order chi connectivity index (χ1) is 9.06. The van der Waals surface area contributed by atoms with E-state index < -0.39 is 0 Å². The van der Waals surface area contributed by atoms with Crippen molar-refractivity contribution in [1.29, 1.82) is 0 Å². The van der Waals surface area contributed by atoms with Gasteiger partial charge in [-0.15, -0.1) is 11.3 Å². The molecule has 1 heterocycles. The lowest BCUT2D eigenvalue weighted by molar-refractivity contribution is 0.205. The van der Waals surface area contributed by atoms with Gasteiger partial charge in [0.2, 0.25) is 0 Å². The Labute approximate surface area is 118 Å². The van der Waals surface area contributed by atoms with Crippen LogP contribution in [0.1, 0.15) is 24.3 Å². The molecule has 0 bridgehead atoms. The quantitative estimate of drug-likeness (QED) is 0.649. The Bertz CT molecular complexity index is 523. The van der Waals surface area contributed by atoms with Gasteiger partial charge in [0.05, 0.1) is 5.69 Å². The second-order valence-corrected chi connectivity index (χ2v) is 6.00. The normalized spacial score (nSPS) is 11.4. The maximum Gasteiger partial charge on any atom is 0.138 e. The van der Waals surface area contributed by atoms with E-state index in [1.807, 2.05) is 12.1 Å². The molecule has 0 saturated heterocycles. The number of nitrogen functional groups attached to an aromatic ring is 1. The van der Waals surface area contributed by atoms with E-state index in [1.54, 1.807) is 17.4 Å². The highest BCUT2D eigenvalue weighted by molar-refractivity contribution is 7.09. The highest BCUT2D eigenvalue weighted by Crippen LogP contribution is 2.23. The van der Waals surface area contributed by atoms with Crippen LogP contribution in [0.3, 0.4) is 0 Å². The van der Waals surface area contributed by atoms with Crippen molar-refractivity contribution in [1.82, 2.24) is 4.90 Å². The molecule has 1 aromatic heterocycles. The van der Waals surface area contributed by atoms with Gasteiger partial charge in [-0.1, -0.05) is 12.1 Å². The molecule has 0 saturated carbocycles. The monoisotopic (exact) mass is 276 g/mol. The van der Waals surface area contributed by atoms with Crippen LogP contribution < -0.4 is 5.73 Å². The molecule has 0 aliphatic rings. The van der Waals surface area contributed by atoms with Gasteiger partial charge in [0.25, 0.3) is 0 Å². The zero-order valence-electron chi connectivity index (χ0n) is 11.3. The maximum absolute atomic E-state index is 9.46. The fraction of sp³-hybridized carbons (Fsp3) is 0.333. The van der Waals surface area contributed by atoms with Gasteiger partial charge >= 0.3 is 0 Å². The molecule has 4 heteroatoms. The van der Waals surface area contributed by atoms with Crippen molar-refractivity contribution in [2.75, 3.05) is 5.73 Å². The van der Waals surface area contributed by atoms with Gasteiger partial charge in [0.1, 0.15) is 5.75 Å². The molecule has 19 heavy (non-hydrogen) atoms. The minimum atomic E-state index is 0.151. The van der Waals surface area contributed by atoms with Gasteiger partial charge < -0.3 is 10.8 Å². The van der Waals surface area contributed by atoms with Crippen molar-refractivity contribution in [2.24, 2.45) is 0 Å². The molecule has 1 aromatic carbocycles. The van der Waals surface area contributed by atoms with Crippen molar-refractivity contribution in [3.63, 3.8) is 0 Å². The molecule has 0 fully saturated rings. The average Bonchev–Trinajstić information content (AvgIpc) is 2.86. The molecule has 2 rings (SSSR count). The molecule has 0 radical (unpaired) electrons. The number of benzene rings is 1. The Morgan fingerprint density at radius 3 is 2.63 bits per heavy atom. The Hall–Kier alpha value is -1.52. The van der Waals surface area contributed by atoms with Crippen molar-refractivity contribution < 1.29 is 5.11 Å². The Morgan fingerprint density at radius 2 is 2.05 bits per heavy atom. The van der Waals surface area contributed by atoms with Crippen LogP contribution in [0.25, 0.3) is 0 Å². The summed E-state index contributed by atoms with van der Waals surface area (Å²) in [6.07, 6.45) is 0. The van der Waals surface area contributed by atoms with Gasteiger partial charge in [-0.2, -0.15) is 0 Å². The maximum atomic E-state index is 9.46. The zero-order valence-corrected chi connectivity index (χ0v) is 12.2. The number of thiophene rings is 1. The standard InChI is InChI=1S/C15H20N2OS/c1-11(2)17(10-13-4-3-7-19-13)9-12-5-6-15(18)14(16)8-12/h3-8,11,18H,9-10,16H2,1-2H3. The van der Waals surface area contributed by atoms with Crippen molar-refractivity contribution in [3.05, 3.63) is 46.2 Å². The largest absolute Gasteiger partial charge is 0.506 e. The van der Waals surface area contributed by atoms with Crippen molar-refractivity contribution >= 4 is 17.0 Å². The van der Waals surface area contributed by atoms with E-state index in [1.165, 1.54) is 4.88 Å². The smallest absolute Gasteiger partial charge is 0.138 e. The van der Waals surface area contributed by atoms with E-state index in [0.717, 1.165) is 18.7 Å². The van der Waals surface area contributed by atoms with Gasteiger partial charge in [0.15, 0.2) is 0 Å². The first kappa shape index (κ1) is 13.9. The van der Waals surface area contributed by atoms with Gasteiger partial charge in [-0.3, -0.25) is 4.90 Å². The summed E-state index contributed by atoms with van der Waals surface area (Å²) in [4.78, 5) is 3.75. The summed E-state index contributed by atoms with van der Waals surface area (Å²) >= 11 is 1.78. The average molecular weight is 276 g/mol. The van der Waals surface area contributed by atoms with E-state index in [2.05, 4.69) is 36.3 Å². The second-order valence-electron chi connectivity index (χ2n) is 4.97. The molecule has 3 N–H and O–H groups in total. The lowest BCUT2D eigenvalue weighted by Gasteiger charge is -2.26. The van der Waals surface area contributed by atoms with Crippen LogP contribution >= 0.6 is 11.3 Å². The molecular weight excluding hydrogens is 256 g/mol. The Morgan fingerprint density at radius 1 is 1.26 bits per heavy atom. The summed E-state index contributed by atoms with van der Waals surface area (Å²) in [7, 11) is 0. The molecule has 2 aromatic rings. The summed E-state index contributed by atoms with van der Waals surface area (Å²) in [6.45, 7) is 6.16. The number of phenols is 1. The lowest BCUT2D eigenvalue weighted by atomic mass is 10.1. The van der Waals surface area contributed by atoms with E-state index in [4.69, 9.17) is 5.73 Å². The van der Waals surface area contributed by atoms with Crippen LogP contribution in [0.15, 0.2) is 35.7 Å². The molecule has 0 unspecified atom stereocenters. The fourth-order valence-corrected chi connectivity index (χ4v) is 2.69. The molecular formula is C15H20N2OS. The summed E-state index contributed by atoms with van der Waals surface area (Å²) in [5, 5.41) is 11.6. The van der Waals surface area contributed by atoms with Crippen LogP contribution in [0.2, 0.25) is 0 Å². The Balaban J connectivity index is 2.09. The number of anilines is 1. The third kappa shape index (κ3) is 3.72. The van der Waals surface area contributed by atoms with Crippen LogP contribution in [0.5, 0.6) is 5.75 Å². The summed E-state index contributed by atoms with van der Waals surface area (Å²) < 4.78 is 0. The van der Waals surface area contributed by atoms with E-state index in [9.17, 15) is 5.11 Å². The molecule has 0 atom stereocenters. The SMILES string of the molecule is CC(C)N(Cc1ccc(O)c(N)c1)Cc1cccs1. The summed E-state index contributed by atoms with van der Waals surface area (Å²) in [6, 6.07) is 10.1. The second kappa shape index (κ2) is 6.08. The lowest BCUT2D eigenvalue weighted by Crippen LogP contribution is -2.29. The predicted molar refractivity (Wildman–Crippen MR) is 81.2 cm³/mol. The molecule has 0 amide bonds. The summed E-state index contributed by atoms with van der Waals surface area (Å²) in [5.74, 6) is 0.151. The van der Waals surface area contributed by atoms with E-state index >= 15 is 0 Å². The first-order valence-corrected chi connectivity index (χ1v) is 7.28. The molecule has 0 aliphatic carbocycles. The number of hydrogen-bond acceptors (Lipinski definition) is 4. The van der Waals surface area contributed by atoms with Crippen molar-refractivity contribution in [3.8, 4) is 5.75 Å². The predicted octanol–water partition coefficient (Wildman–Crippen LogP) is 3.45. The first-order valence-electron chi connectivity index (χ1n) is 6.40. The van der Waals surface area contributed by atoms with Gasteiger partial charge in [-0.25, -0.2) is 0 Å². The van der Waals surface area contributed by atoms with E-state index in [0.29, 0.717) is 11.7 Å². The highest BCUT2D eigenvalue weighted by atomic mass is 32.1. The number of aromatic hydroxyl groups is 1.